The molecule has 4 nitrogen and oxygen atoms in total. The van der Waals surface area contributed by atoms with Crippen LogP contribution in [-0.4, -0.2) is 14.5 Å². The molecule has 0 saturated carbocycles. The van der Waals surface area contributed by atoms with Crippen molar-refractivity contribution in [2.24, 2.45) is 0 Å². The first-order valence-corrected chi connectivity index (χ1v) is 23.4. The van der Waals surface area contributed by atoms with Crippen LogP contribution in [0.25, 0.3) is 83.6 Å². The first-order valence-electron chi connectivity index (χ1n) is 23.4. The van der Waals surface area contributed by atoms with Crippen molar-refractivity contribution in [3.8, 4) is 50.6 Å². The van der Waals surface area contributed by atoms with Crippen LogP contribution in [0.3, 0.4) is 0 Å². The molecule has 1 radical (unpaired) electrons. The Morgan fingerprint density at radius 3 is 1.88 bits per heavy atom. The minimum atomic E-state index is -0.241. The monoisotopic (exact) mass is 1070 g/mol. The van der Waals surface area contributed by atoms with Gasteiger partial charge in [0.25, 0.3) is 0 Å². The summed E-state index contributed by atoms with van der Waals surface area (Å²) in [6.45, 7) is 21.7. The van der Waals surface area contributed by atoms with E-state index in [0.29, 0.717) is 5.56 Å². The van der Waals surface area contributed by atoms with Gasteiger partial charge in [-0.15, -0.1) is 42.0 Å². The van der Waals surface area contributed by atoms with Gasteiger partial charge in [0.15, 0.2) is 0 Å². The van der Waals surface area contributed by atoms with Gasteiger partial charge >= 0.3 is 0 Å². The van der Waals surface area contributed by atoms with Crippen molar-refractivity contribution in [3.05, 3.63) is 198 Å². The molecule has 6 heteroatoms. The molecule has 3 aromatic heterocycles. The first kappa shape index (κ1) is 48.0. The van der Waals surface area contributed by atoms with E-state index in [0.717, 1.165) is 61.2 Å². The molecule has 345 valence electrons. The topological polar surface area (TPSA) is 43.9 Å². The molecule has 0 spiro atoms. The van der Waals surface area contributed by atoms with Gasteiger partial charge in [-0.1, -0.05) is 177 Å². The van der Waals surface area contributed by atoms with Crippen molar-refractivity contribution in [2.75, 3.05) is 0 Å². The zero-order valence-electron chi connectivity index (χ0n) is 40.6. The molecule has 0 aliphatic rings. The number of hydrogen-bond donors (Lipinski definition) is 0. The third kappa shape index (κ3) is 9.50. The molecule has 3 heterocycles. The van der Waals surface area contributed by atoms with Gasteiger partial charge in [-0.05, 0) is 104 Å². The SMILES string of the molecule is CC(C)(C)c1ccnc(-c2[c-]cc(F)c(C(C)(C)C)c2)c1.CC(C)c1cc(-c2ccccc2)cc(C(C)C)c1-n1c(-c2[c-]ccc3c2oc2cc(-c4ccccc4)ccc23)nc2ccccc21.[Ir]. The molecule has 10 rings (SSSR count). The maximum absolute atomic E-state index is 14.0. The molecular formula is C62H58FIrN3O-2. The molecule has 68 heavy (non-hydrogen) atoms. The Kier molecular flexibility index (Phi) is 13.6. The third-order valence-electron chi connectivity index (χ3n) is 12.7. The van der Waals surface area contributed by atoms with Gasteiger partial charge < -0.3 is 14.0 Å². The fraction of sp³-hybridized carbons (Fsp3) is 0.226. The summed E-state index contributed by atoms with van der Waals surface area (Å²) in [6, 6.07) is 58.9. The van der Waals surface area contributed by atoms with Gasteiger partial charge in [-0.3, -0.25) is 9.37 Å². The van der Waals surface area contributed by atoms with E-state index < -0.39 is 0 Å². The van der Waals surface area contributed by atoms with Crippen molar-refractivity contribution in [2.45, 2.75) is 91.9 Å². The molecule has 0 saturated heterocycles. The summed E-state index contributed by atoms with van der Waals surface area (Å²) in [5.74, 6) is 1.20. The molecule has 0 N–H and O–H groups in total. The summed E-state index contributed by atoms with van der Waals surface area (Å²) >= 11 is 0. The van der Waals surface area contributed by atoms with E-state index in [9.17, 15) is 4.39 Å². The number of halogens is 1. The van der Waals surface area contributed by atoms with Gasteiger partial charge in [0.2, 0.25) is 0 Å². The van der Waals surface area contributed by atoms with Crippen LogP contribution in [-0.2, 0) is 30.9 Å². The summed E-state index contributed by atoms with van der Waals surface area (Å²) in [5.41, 5.74) is 16.5. The number of fused-ring (bicyclic) bond motifs is 4. The molecule has 0 aliphatic heterocycles. The Morgan fingerprint density at radius 2 is 1.25 bits per heavy atom. The average Bonchev–Trinajstić information content (AvgIpc) is 3.90. The summed E-state index contributed by atoms with van der Waals surface area (Å²) < 4.78 is 23.1. The zero-order chi connectivity index (χ0) is 47.2. The second kappa shape index (κ2) is 19.3. The number of rotatable bonds is 7. The number of aromatic nitrogens is 3. The van der Waals surface area contributed by atoms with E-state index in [1.807, 2.05) is 51.2 Å². The van der Waals surface area contributed by atoms with Crippen molar-refractivity contribution >= 4 is 33.0 Å². The Bertz CT molecular complexity index is 3360. The van der Waals surface area contributed by atoms with Gasteiger partial charge in [-0.25, -0.2) is 0 Å². The maximum Gasteiger partial charge on any atom is 0.121 e. The Morgan fingerprint density at radius 1 is 0.618 bits per heavy atom. The third-order valence-corrected chi connectivity index (χ3v) is 12.7. The normalized spacial score (nSPS) is 11.9. The van der Waals surface area contributed by atoms with Crippen LogP contribution in [0.5, 0.6) is 0 Å². The Balaban J connectivity index is 0.000000240. The number of furan rings is 1. The summed E-state index contributed by atoms with van der Waals surface area (Å²) in [6.07, 6.45) is 1.81. The number of hydrogen-bond acceptors (Lipinski definition) is 3. The maximum atomic E-state index is 14.0. The van der Waals surface area contributed by atoms with Gasteiger partial charge in [0, 0.05) is 43.2 Å². The van der Waals surface area contributed by atoms with Crippen LogP contribution in [0.2, 0.25) is 0 Å². The fourth-order valence-electron chi connectivity index (χ4n) is 8.99. The number of benzene rings is 7. The Labute approximate surface area is 414 Å². The number of nitrogens with zero attached hydrogens (tertiary/aromatic N) is 3. The van der Waals surface area contributed by atoms with Crippen LogP contribution in [0.15, 0.2) is 162 Å². The van der Waals surface area contributed by atoms with Crippen molar-refractivity contribution in [1.29, 1.82) is 0 Å². The molecule has 0 atom stereocenters. The average molecular weight is 1070 g/mol. The van der Waals surface area contributed by atoms with Crippen LogP contribution in [0, 0.1) is 17.9 Å². The second-order valence-corrected chi connectivity index (χ2v) is 20.3. The molecular weight excluding hydrogens is 1010 g/mol. The molecule has 0 fully saturated rings. The van der Waals surface area contributed by atoms with E-state index in [2.05, 4.69) is 191 Å². The number of imidazole rings is 1. The Hall–Kier alpha value is -6.46. The number of pyridine rings is 1. The second-order valence-electron chi connectivity index (χ2n) is 20.3. The van der Waals surface area contributed by atoms with E-state index in [4.69, 9.17) is 9.40 Å². The van der Waals surface area contributed by atoms with Crippen molar-refractivity contribution in [1.82, 2.24) is 14.5 Å². The summed E-state index contributed by atoms with van der Waals surface area (Å²) in [4.78, 5) is 9.72. The van der Waals surface area contributed by atoms with Crippen LogP contribution in [0.1, 0.15) is 103 Å². The van der Waals surface area contributed by atoms with Gasteiger partial charge in [0.05, 0.1) is 22.4 Å². The first-order chi connectivity index (χ1) is 32.1. The van der Waals surface area contributed by atoms with Crippen molar-refractivity contribution in [3.63, 3.8) is 0 Å². The van der Waals surface area contributed by atoms with Crippen LogP contribution >= 0.6 is 0 Å². The summed E-state index contributed by atoms with van der Waals surface area (Å²) in [5, 5.41) is 2.15. The fourth-order valence-corrected chi connectivity index (χ4v) is 8.99. The molecule has 7 aromatic carbocycles. The van der Waals surface area contributed by atoms with Crippen LogP contribution in [0.4, 0.5) is 4.39 Å². The zero-order valence-corrected chi connectivity index (χ0v) is 43.0. The quantitative estimate of drug-likeness (QED) is 0.149. The van der Waals surface area contributed by atoms with Gasteiger partial charge in [0.1, 0.15) is 5.58 Å². The molecule has 10 aromatic rings. The van der Waals surface area contributed by atoms with E-state index >= 15 is 0 Å². The van der Waals surface area contributed by atoms with Crippen LogP contribution < -0.4 is 0 Å². The summed E-state index contributed by atoms with van der Waals surface area (Å²) in [7, 11) is 0. The molecule has 0 bridgehead atoms. The van der Waals surface area contributed by atoms with E-state index in [-0.39, 0.29) is 48.6 Å². The minimum absolute atomic E-state index is 0. The standard InChI is InChI=1S/C43H35N2O.C19H23FN.Ir/c1-27(2)36-24-32(30-16-9-6-10-17-30)25-37(28(3)4)41(36)45-39-21-12-11-20-38(39)44-43(45)35-19-13-18-34-33-23-22-31(26-40(33)46-42(34)35)29-14-7-5-8-15-29;1-18(2,3)14-9-10-21-17(12-14)13-7-8-16(20)15(11-13)19(4,5)6;/h5-18,20-28H,1-4H3;8-12H,1-6H3;/q2*-1;. The van der Waals surface area contributed by atoms with Gasteiger partial charge in [-0.2, -0.15) is 0 Å². The predicted octanol–water partition coefficient (Wildman–Crippen LogP) is 17.3. The molecule has 0 amide bonds. The largest absolute Gasteiger partial charge is 0.501 e. The van der Waals surface area contributed by atoms with E-state index in [1.54, 1.807) is 0 Å². The van der Waals surface area contributed by atoms with Crippen molar-refractivity contribution < 1.29 is 28.9 Å². The molecule has 0 aliphatic carbocycles. The number of para-hydroxylation sites is 2. The van der Waals surface area contributed by atoms with E-state index in [1.165, 1.54) is 45.1 Å². The molecule has 0 unspecified atom stereocenters. The minimum Gasteiger partial charge on any atom is -0.501 e. The predicted molar refractivity (Wildman–Crippen MR) is 278 cm³/mol. The smallest absolute Gasteiger partial charge is 0.121 e.